The summed E-state index contributed by atoms with van der Waals surface area (Å²) >= 11 is 6.00. The standard InChI is InChI=1S/C14H10BClFNO3/c16-13-5-9(7-18)1-2-10(13)8-21-14-6-11(17)3-4-12(14)15(19)20/h1-6,19-20H,8H2. The van der Waals surface area contributed by atoms with Crippen molar-refractivity contribution in [2.75, 3.05) is 0 Å². The van der Waals surface area contributed by atoms with Crippen LogP contribution in [0, 0.1) is 17.1 Å². The minimum atomic E-state index is -1.77. The molecule has 106 valence electrons. The van der Waals surface area contributed by atoms with Crippen LogP contribution in [0.25, 0.3) is 0 Å². The van der Waals surface area contributed by atoms with Gasteiger partial charge >= 0.3 is 7.12 Å². The molecule has 0 aromatic heterocycles. The Morgan fingerprint density at radius 3 is 2.62 bits per heavy atom. The molecule has 0 spiro atoms. The number of halogens is 2. The van der Waals surface area contributed by atoms with E-state index in [1.165, 1.54) is 12.1 Å². The van der Waals surface area contributed by atoms with Gasteiger partial charge in [0.1, 0.15) is 18.2 Å². The van der Waals surface area contributed by atoms with E-state index in [0.717, 1.165) is 12.1 Å². The lowest BCUT2D eigenvalue weighted by Crippen LogP contribution is -2.31. The third kappa shape index (κ3) is 3.73. The molecule has 0 fully saturated rings. The molecule has 2 aromatic rings. The molecule has 0 aliphatic rings. The number of rotatable bonds is 4. The molecule has 2 rings (SSSR count). The zero-order valence-electron chi connectivity index (χ0n) is 10.8. The maximum absolute atomic E-state index is 13.2. The Labute approximate surface area is 126 Å². The third-order valence-electron chi connectivity index (χ3n) is 2.82. The van der Waals surface area contributed by atoms with Crippen molar-refractivity contribution >= 4 is 24.2 Å². The van der Waals surface area contributed by atoms with Gasteiger partial charge in [0.25, 0.3) is 0 Å². The van der Waals surface area contributed by atoms with Crippen LogP contribution in [-0.4, -0.2) is 17.2 Å². The summed E-state index contributed by atoms with van der Waals surface area (Å²) in [6, 6.07) is 10.1. The topological polar surface area (TPSA) is 73.5 Å². The Kier molecular flexibility index (Phi) is 4.81. The zero-order chi connectivity index (χ0) is 15.4. The lowest BCUT2D eigenvalue weighted by atomic mass is 9.79. The smallest absolute Gasteiger partial charge is 0.489 e. The summed E-state index contributed by atoms with van der Waals surface area (Å²) in [5.41, 5.74) is 1.07. The molecule has 0 saturated carbocycles. The Hall–Kier alpha value is -2.07. The fourth-order valence-electron chi connectivity index (χ4n) is 1.74. The van der Waals surface area contributed by atoms with Gasteiger partial charge in [-0.3, -0.25) is 0 Å². The number of nitrogens with zero attached hydrogens (tertiary/aromatic N) is 1. The van der Waals surface area contributed by atoms with Gasteiger partial charge in [0.2, 0.25) is 0 Å². The van der Waals surface area contributed by atoms with Crippen molar-refractivity contribution < 1.29 is 19.2 Å². The van der Waals surface area contributed by atoms with E-state index in [-0.39, 0.29) is 17.8 Å². The van der Waals surface area contributed by atoms with Gasteiger partial charge in [-0.1, -0.05) is 23.7 Å². The van der Waals surface area contributed by atoms with Crippen LogP contribution in [0.15, 0.2) is 36.4 Å². The molecule has 0 bridgehead atoms. The van der Waals surface area contributed by atoms with E-state index in [9.17, 15) is 14.4 Å². The Morgan fingerprint density at radius 2 is 2.00 bits per heavy atom. The SMILES string of the molecule is N#Cc1ccc(COc2cc(F)ccc2B(O)O)c(Cl)c1. The van der Waals surface area contributed by atoms with Crippen LogP contribution in [-0.2, 0) is 6.61 Å². The minimum Gasteiger partial charge on any atom is -0.489 e. The monoisotopic (exact) mass is 305 g/mol. The maximum atomic E-state index is 13.2. The summed E-state index contributed by atoms with van der Waals surface area (Å²) in [6.45, 7) is 0.00765. The van der Waals surface area contributed by atoms with E-state index in [4.69, 9.17) is 21.6 Å². The van der Waals surface area contributed by atoms with Crippen molar-refractivity contribution in [1.82, 2.24) is 0 Å². The zero-order valence-corrected chi connectivity index (χ0v) is 11.5. The van der Waals surface area contributed by atoms with Crippen molar-refractivity contribution in [3.8, 4) is 11.8 Å². The summed E-state index contributed by atoms with van der Waals surface area (Å²) in [5, 5.41) is 27.5. The van der Waals surface area contributed by atoms with Crippen LogP contribution >= 0.6 is 11.6 Å². The molecular weight excluding hydrogens is 295 g/mol. The van der Waals surface area contributed by atoms with E-state index in [1.807, 2.05) is 6.07 Å². The first-order valence-corrected chi connectivity index (χ1v) is 6.36. The number of nitriles is 1. The van der Waals surface area contributed by atoms with Crippen molar-refractivity contribution in [3.05, 3.63) is 58.4 Å². The highest BCUT2D eigenvalue weighted by atomic mass is 35.5. The molecule has 0 saturated heterocycles. The first-order valence-electron chi connectivity index (χ1n) is 5.98. The van der Waals surface area contributed by atoms with E-state index in [0.29, 0.717) is 16.1 Å². The molecule has 2 N–H and O–H groups in total. The molecule has 0 aliphatic carbocycles. The largest absolute Gasteiger partial charge is 0.492 e. The molecule has 4 nitrogen and oxygen atoms in total. The van der Waals surface area contributed by atoms with Gasteiger partial charge in [-0.25, -0.2) is 4.39 Å². The summed E-state index contributed by atoms with van der Waals surface area (Å²) in [6.07, 6.45) is 0. The fourth-order valence-corrected chi connectivity index (χ4v) is 1.97. The highest BCUT2D eigenvalue weighted by Gasteiger charge is 2.18. The minimum absolute atomic E-state index is 0.00765. The van der Waals surface area contributed by atoms with Crippen molar-refractivity contribution in [3.63, 3.8) is 0 Å². The lowest BCUT2D eigenvalue weighted by molar-refractivity contribution is 0.305. The van der Waals surface area contributed by atoms with Crippen molar-refractivity contribution in [2.24, 2.45) is 0 Å². The maximum Gasteiger partial charge on any atom is 0.492 e. The Balaban J connectivity index is 2.20. The van der Waals surface area contributed by atoms with Crippen LogP contribution in [0.3, 0.4) is 0 Å². The van der Waals surface area contributed by atoms with Gasteiger partial charge < -0.3 is 14.8 Å². The second-order valence-electron chi connectivity index (χ2n) is 4.26. The molecule has 0 atom stereocenters. The van der Waals surface area contributed by atoms with Crippen LogP contribution < -0.4 is 10.2 Å². The van der Waals surface area contributed by atoms with Gasteiger partial charge in [-0.15, -0.1) is 0 Å². The average molecular weight is 306 g/mol. The fraction of sp³-hybridized carbons (Fsp3) is 0.0714. The van der Waals surface area contributed by atoms with Gasteiger partial charge in [-0.2, -0.15) is 5.26 Å². The van der Waals surface area contributed by atoms with E-state index >= 15 is 0 Å². The van der Waals surface area contributed by atoms with Crippen LogP contribution in [0.2, 0.25) is 5.02 Å². The second-order valence-corrected chi connectivity index (χ2v) is 4.67. The second kappa shape index (κ2) is 6.59. The van der Waals surface area contributed by atoms with E-state index < -0.39 is 12.9 Å². The molecule has 0 amide bonds. The highest BCUT2D eigenvalue weighted by molar-refractivity contribution is 6.59. The van der Waals surface area contributed by atoms with Crippen LogP contribution in [0.4, 0.5) is 4.39 Å². The number of hydrogen-bond acceptors (Lipinski definition) is 4. The van der Waals surface area contributed by atoms with Crippen molar-refractivity contribution in [1.29, 1.82) is 5.26 Å². The summed E-state index contributed by atoms with van der Waals surface area (Å²) in [4.78, 5) is 0. The van der Waals surface area contributed by atoms with Gasteiger partial charge in [-0.05, 0) is 18.2 Å². The Bertz CT molecular complexity index is 703. The van der Waals surface area contributed by atoms with Gasteiger partial charge in [0, 0.05) is 22.1 Å². The summed E-state index contributed by atoms with van der Waals surface area (Å²) < 4.78 is 18.6. The predicted molar refractivity (Wildman–Crippen MR) is 76.7 cm³/mol. The molecule has 7 heteroatoms. The van der Waals surface area contributed by atoms with Crippen LogP contribution in [0.5, 0.6) is 5.75 Å². The molecule has 2 aromatic carbocycles. The first kappa shape index (κ1) is 15.3. The number of ether oxygens (including phenoxy) is 1. The van der Waals surface area contributed by atoms with E-state index in [1.54, 1.807) is 12.1 Å². The Morgan fingerprint density at radius 1 is 1.24 bits per heavy atom. The number of benzene rings is 2. The lowest BCUT2D eigenvalue weighted by Gasteiger charge is -2.12. The molecular formula is C14H10BClFNO3. The summed E-state index contributed by atoms with van der Waals surface area (Å²) in [5.74, 6) is -0.536. The first-order chi connectivity index (χ1) is 10.0. The molecule has 0 radical (unpaired) electrons. The quantitative estimate of drug-likeness (QED) is 0.842. The average Bonchev–Trinajstić information content (AvgIpc) is 2.45. The van der Waals surface area contributed by atoms with Gasteiger partial charge in [0.15, 0.2) is 0 Å². The van der Waals surface area contributed by atoms with E-state index in [2.05, 4.69) is 0 Å². The predicted octanol–water partition coefficient (Wildman–Crippen LogP) is 1.61. The molecule has 21 heavy (non-hydrogen) atoms. The van der Waals surface area contributed by atoms with Gasteiger partial charge in [0.05, 0.1) is 11.6 Å². The van der Waals surface area contributed by atoms with Crippen LogP contribution in [0.1, 0.15) is 11.1 Å². The molecule has 0 unspecified atom stereocenters. The third-order valence-corrected chi connectivity index (χ3v) is 3.17. The summed E-state index contributed by atoms with van der Waals surface area (Å²) in [7, 11) is -1.77. The highest BCUT2D eigenvalue weighted by Crippen LogP contribution is 2.20. The molecule has 0 aliphatic heterocycles. The normalized spacial score (nSPS) is 10.0. The number of hydrogen-bond donors (Lipinski definition) is 2. The molecule has 0 heterocycles. The van der Waals surface area contributed by atoms with Crippen molar-refractivity contribution in [2.45, 2.75) is 6.61 Å².